The quantitative estimate of drug-likeness (QED) is 0.0436. The first-order valence-electron chi connectivity index (χ1n) is 49.4. The van der Waals surface area contributed by atoms with Crippen molar-refractivity contribution in [2.45, 2.75) is 6.92 Å². The van der Waals surface area contributed by atoms with Gasteiger partial charge in [-0.15, -0.1) is 20.4 Å². The maximum Gasteiger partial charge on any atom is 0.245 e. The van der Waals surface area contributed by atoms with E-state index in [0.29, 0.717) is 143 Å². The lowest BCUT2D eigenvalue weighted by atomic mass is 10.1. The monoisotopic (exact) mass is 2000 g/mol. The molecule has 0 saturated carbocycles. The molecule has 8 aromatic carbocycles. The van der Waals surface area contributed by atoms with Crippen LogP contribution in [-0.4, -0.2) is 288 Å². The lowest BCUT2D eigenvalue weighted by Gasteiger charge is -2.29. The van der Waals surface area contributed by atoms with E-state index in [0.717, 1.165) is 213 Å². The molecular weight excluding hydrogens is 1900 g/mol. The lowest BCUT2D eigenvalue weighted by molar-refractivity contribution is 0.122. The van der Waals surface area contributed by atoms with Gasteiger partial charge in [0.25, 0.3) is 0 Å². The average molecular weight is 2010 g/mol. The molecule has 0 aliphatic carbocycles. The Morgan fingerprint density at radius 2 is 0.597 bits per heavy atom. The average Bonchev–Trinajstić information content (AvgIpc) is 1.81. The van der Waals surface area contributed by atoms with Gasteiger partial charge >= 0.3 is 0 Å². The largest absolute Gasteiger partial charge is 0.378 e. The molecule has 0 unspecified atom stereocenters. The Bertz CT molecular complexity index is 7370. The normalized spacial score (nSPS) is 15.4. The number of rotatable bonds is 24. The third kappa shape index (κ3) is 25.3. The van der Waals surface area contributed by atoms with Crippen LogP contribution in [0.2, 0.25) is 0 Å². The van der Waals surface area contributed by atoms with Crippen molar-refractivity contribution in [1.82, 2.24) is 104 Å². The number of aryl methyl sites for hydroxylation is 1. The number of benzene rings is 8. The van der Waals surface area contributed by atoms with Crippen LogP contribution in [0.25, 0.3) is 79.0 Å². The zero-order chi connectivity index (χ0) is 101. The molecule has 16 heterocycles. The van der Waals surface area contributed by atoms with Crippen LogP contribution < -0.4 is 55.6 Å². The van der Waals surface area contributed by atoms with Crippen LogP contribution >= 0.6 is 0 Å². The maximum absolute atomic E-state index is 14.5. The van der Waals surface area contributed by atoms with Crippen molar-refractivity contribution in [3.63, 3.8) is 0 Å². The molecule has 17 aromatic rings. The summed E-state index contributed by atoms with van der Waals surface area (Å²) in [5, 5.41) is 45.0. The molecule has 7 saturated heterocycles. The number of anilines is 15. The number of pyridine rings is 1. The highest BCUT2D eigenvalue weighted by molar-refractivity contribution is 5.74. The van der Waals surface area contributed by atoms with Crippen LogP contribution in [0, 0.1) is 29.9 Å². The van der Waals surface area contributed by atoms with Gasteiger partial charge in [-0.05, 0) is 207 Å². The topological polar surface area (TPSA) is 398 Å². The van der Waals surface area contributed by atoms with Gasteiger partial charge in [-0.3, -0.25) is 4.98 Å². The second-order valence-corrected chi connectivity index (χ2v) is 35.5. The Morgan fingerprint density at radius 1 is 0.282 bits per heavy atom. The number of hydrogen-bond donors (Lipinski definition) is 4. The van der Waals surface area contributed by atoms with Gasteiger partial charge in [0.05, 0.1) is 156 Å². The number of nitrogens with zero attached hydrogens (tertiary/aromatic N) is 29. The number of nitriles is 1. The summed E-state index contributed by atoms with van der Waals surface area (Å²) in [6.45, 7) is 22.6. The van der Waals surface area contributed by atoms with Crippen LogP contribution in [-0.2, 0) is 33.2 Å². The summed E-state index contributed by atoms with van der Waals surface area (Å²) in [5.74, 6) is 3.40. The predicted octanol–water partition coefficient (Wildman–Crippen LogP) is 14.2. The van der Waals surface area contributed by atoms with Crippen LogP contribution in [0.3, 0.4) is 0 Å². The van der Waals surface area contributed by atoms with Gasteiger partial charge in [-0.2, -0.15) is 20.2 Å². The van der Waals surface area contributed by atoms with Gasteiger partial charge in [0, 0.05) is 202 Å². The highest BCUT2D eigenvalue weighted by atomic mass is 19.1. The number of aromatic nitrogens is 21. The number of ether oxygens (including phenoxy) is 7. The SMILES string of the molecule is Cc1ccc(-c2cn(-c3ccc(Nc4nccc(-c5cc(F)cc(N6CCOCC6)c5)n4)cc3)nn2)cn1.Fc1cc(-c2ccnc(Nc3ccc(-n4cnc(N5CCOCC5)n4)cc3)n2)cc(N2CCOCC2)c1.N#Cc1cc(-c2ccnc(Nc3ccc(-n4cnc(N5CCOCC5)n4)cc3)n2)cc(N2CCOCC2)c1.c1cc(-c2ccnc(Nc3ccc(-n4cnc(N5CCOCC5)n4)cc3)n2)cc(N2CCOCC2)c1. The third-order valence-corrected chi connectivity index (χ3v) is 25.5. The zero-order valence-electron chi connectivity index (χ0n) is 81.8. The molecule has 7 aliphatic rings. The van der Waals surface area contributed by atoms with Crippen molar-refractivity contribution in [3.05, 3.63) is 291 Å². The van der Waals surface area contributed by atoms with E-state index in [1.807, 2.05) is 159 Å². The molecule has 756 valence electrons. The molecule has 7 fully saturated rings. The number of hydrogen-bond acceptors (Lipinski definition) is 36. The lowest BCUT2D eigenvalue weighted by Crippen LogP contribution is -2.37. The molecule has 9 aromatic heterocycles. The molecule has 24 rings (SSSR count). The van der Waals surface area contributed by atoms with Gasteiger partial charge in [-0.1, -0.05) is 17.3 Å². The number of morpholine rings is 7. The summed E-state index contributed by atoms with van der Waals surface area (Å²) in [4.78, 5) is 69.1. The third-order valence-electron chi connectivity index (χ3n) is 25.5. The molecule has 4 N–H and O–H groups in total. The second-order valence-electron chi connectivity index (χ2n) is 35.5. The Kier molecular flexibility index (Phi) is 31.0. The van der Waals surface area contributed by atoms with E-state index in [9.17, 15) is 14.0 Å². The minimum atomic E-state index is -0.303. The highest BCUT2D eigenvalue weighted by Crippen LogP contribution is 2.35. The van der Waals surface area contributed by atoms with Gasteiger partial charge in [0.1, 0.15) is 36.3 Å². The predicted molar refractivity (Wildman–Crippen MR) is 562 cm³/mol. The Hall–Kier alpha value is -17.3. The van der Waals surface area contributed by atoms with Gasteiger partial charge in [-0.25, -0.2) is 67.4 Å². The summed E-state index contributed by atoms with van der Waals surface area (Å²) in [7, 11) is 0. The van der Waals surface area contributed by atoms with Crippen LogP contribution in [0.1, 0.15) is 11.3 Å². The van der Waals surface area contributed by atoms with Gasteiger partial charge in [0.15, 0.2) is 0 Å². The van der Waals surface area contributed by atoms with E-state index in [2.05, 4.69) is 167 Å². The molecular formula is C107H107F2N33O7. The Morgan fingerprint density at radius 3 is 0.940 bits per heavy atom. The summed E-state index contributed by atoms with van der Waals surface area (Å²) in [6.07, 6.45) is 15.7. The molecule has 0 amide bonds. The van der Waals surface area contributed by atoms with E-state index in [1.54, 1.807) is 93.0 Å². The van der Waals surface area contributed by atoms with E-state index < -0.39 is 0 Å². The van der Waals surface area contributed by atoms with Crippen molar-refractivity contribution >= 4 is 87.1 Å². The van der Waals surface area contributed by atoms with Crippen molar-refractivity contribution in [1.29, 1.82) is 5.26 Å². The summed E-state index contributed by atoms with van der Waals surface area (Å²) < 4.78 is 74.0. The Balaban J connectivity index is 0.000000116. The van der Waals surface area contributed by atoms with Crippen molar-refractivity contribution in [2.24, 2.45) is 0 Å². The van der Waals surface area contributed by atoms with Crippen LogP contribution in [0.15, 0.2) is 268 Å². The minimum Gasteiger partial charge on any atom is -0.378 e. The van der Waals surface area contributed by atoms with Crippen molar-refractivity contribution in [2.75, 3.05) is 240 Å². The van der Waals surface area contributed by atoms with E-state index in [-0.39, 0.29) is 11.6 Å². The fourth-order valence-corrected chi connectivity index (χ4v) is 17.6. The summed E-state index contributed by atoms with van der Waals surface area (Å²) in [6, 6.07) is 69.1. The molecule has 0 bridgehead atoms. The number of halogens is 2. The first-order chi connectivity index (χ1) is 73.4. The van der Waals surface area contributed by atoms with Crippen LogP contribution in [0.5, 0.6) is 0 Å². The molecule has 40 nitrogen and oxygen atoms in total. The van der Waals surface area contributed by atoms with E-state index in [1.165, 1.54) is 17.8 Å². The Labute approximate surface area is 857 Å². The van der Waals surface area contributed by atoms with Crippen LogP contribution in [0.4, 0.5) is 95.9 Å². The second kappa shape index (κ2) is 47.2. The standard InChI is InChI=1S/C28H25FN8O.C27H27N9O2.C26H27FN8O2.C26H28N8O2/c1-19-2-3-20(17-31-19)27-18-37(35-34-27)24-6-4-23(5-7-24)32-28-30-9-8-26(33-28)21-14-22(29)16-25(15-21)36-10-12-38-13-11-36;28-18-20-15-21(17-24(16-20)34-7-11-37-12-8-34)25-5-6-29-26(32-25)31-22-1-3-23(4-2-22)36-19-30-27(33-36)35-9-13-38-14-10-35;27-20-15-19(16-23(17-20)33-7-11-36-12-8-33)24-5-6-28-25(31-24)30-21-1-3-22(4-2-21)35-18-29-26(32-35)34-9-13-37-14-10-34;1-2-20(18-23(3-1)32-10-14-35-15-11-32)24-8-9-27-25(30-24)29-21-4-6-22(7-5-21)34-19-28-26(31-34)33-12-16-36-17-13-33/h2-9,14-18H,10-13H2,1H3,(H,30,32,33);1-6,15-17,19H,7-14H2,(H,29,31,32);1-6,15-18H,7-14H2,(H,28,30,31);1-9,18-19H,10-17H2,(H,27,29,30). The minimum absolute atomic E-state index is 0.299. The molecule has 0 atom stereocenters. The molecule has 7 aliphatic heterocycles. The first-order valence-corrected chi connectivity index (χ1v) is 49.4. The fraction of sp³-hybridized carbons (Fsp3) is 0.271. The van der Waals surface area contributed by atoms with Gasteiger partial charge in [0.2, 0.25) is 41.6 Å². The highest BCUT2D eigenvalue weighted by Gasteiger charge is 2.25. The molecule has 0 radical (unpaired) electrons. The number of nitrogens with one attached hydrogen (secondary N) is 4. The fourth-order valence-electron chi connectivity index (χ4n) is 17.6. The summed E-state index contributed by atoms with van der Waals surface area (Å²) >= 11 is 0. The first kappa shape index (κ1) is 97.7. The molecule has 149 heavy (non-hydrogen) atoms. The van der Waals surface area contributed by atoms with Crippen molar-refractivity contribution < 1.29 is 41.9 Å². The van der Waals surface area contributed by atoms with Crippen molar-refractivity contribution in [3.8, 4) is 85.1 Å². The molecule has 42 heteroatoms. The smallest absolute Gasteiger partial charge is 0.245 e. The summed E-state index contributed by atoms with van der Waals surface area (Å²) in [5.41, 5.74) is 20.2. The van der Waals surface area contributed by atoms with Gasteiger partial charge < -0.3 is 88.7 Å². The van der Waals surface area contributed by atoms with E-state index >= 15 is 0 Å². The molecule has 0 spiro atoms. The maximum atomic E-state index is 14.5. The van der Waals surface area contributed by atoms with E-state index in [4.69, 9.17) is 43.1 Å². The zero-order valence-corrected chi connectivity index (χ0v) is 81.8.